The molecule has 0 radical (unpaired) electrons. The first kappa shape index (κ1) is 20.7. The molecule has 166 valence electrons. The van der Waals surface area contributed by atoms with Gasteiger partial charge in [-0.25, -0.2) is 0 Å². The Morgan fingerprint density at radius 3 is 2.78 bits per heavy atom. The first-order valence-corrected chi connectivity index (χ1v) is 11.3. The lowest BCUT2D eigenvalue weighted by Crippen LogP contribution is -2.50. The van der Waals surface area contributed by atoms with E-state index < -0.39 is 0 Å². The zero-order valence-corrected chi connectivity index (χ0v) is 18.4. The van der Waals surface area contributed by atoms with Gasteiger partial charge in [0.15, 0.2) is 0 Å². The molecule has 7 heteroatoms. The van der Waals surface area contributed by atoms with Crippen molar-refractivity contribution in [3.63, 3.8) is 0 Å². The topological polar surface area (TPSA) is 81.6 Å². The van der Waals surface area contributed by atoms with Crippen molar-refractivity contribution in [3.8, 4) is 11.1 Å². The number of anilines is 1. The number of nitrogens with one attached hydrogen (secondary N) is 2. The fourth-order valence-electron chi connectivity index (χ4n) is 4.68. The number of benzene rings is 1. The summed E-state index contributed by atoms with van der Waals surface area (Å²) in [5.74, 6) is 0.551. The second-order valence-corrected chi connectivity index (χ2v) is 8.72. The van der Waals surface area contributed by atoms with Gasteiger partial charge in [-0.2, -0.15) is 0 Å². The first-order chi connectivity index (χ1) is 15.6. The SMILES string of the molecule is CC(=O)N1CCC(NC2COC2)=C(C(=N)N2CCCc3cc(-c4cccnc4)ccc32)C1. The number of carbonyl (C=O) groups excluding carboxylic acids is 1. The highest BCUT2D eigenvalue weighted by Crippen LogP contribution is 2.33. The average molecular weight is 432 g/mol. The Balaban J connectivity index is 1.45. The summed E-state index contributed by atoms with van der Waals surface area (Å²) < 4.78 is 5.32. The third kappa shape index (κ3) is 4.00. The predicted molar refractivity (Wildman–Crippen MR) is 125 cm³/mol. The van der Waals surface area contributed by atoms with Crippen molar-refractivity contribution >= 4 is 17.4 Å². The van der Waals surface area contributed by atoms with Gasteiger partial charge >= 0.3 is 0 Å². The van der Waals surface area contributed by atoms with Crippen LogP contribution in [0, 0.1) is 5.41 Å². The Morgan fingerprint density at radius 2 is 2.06 bits per heavy atom. The predicted octanol–water partition coefficient (Wildman–Crippen LogP) is 2.97. The number of hydrogen-bond acceptors (Lipinski definition) is 5. The second kappa shape index (κ2) is 8.74. The quantitative estimate of drug-likeness (QED) is 0.575. The summed E-state index contributed by atoms with van der Waals surface area (Å²) in [6.45, 7) is 4.97. The number of amides is 1. The molecule has 1 aromatic heterocycles. The van der Waals surface area contributed by atoms with Gasteiger partial charge < -0.3 is 19.9 Å². The summed E-state index contributed by atoms with van der Waals surface area (Å²) in [7, 11) is 0. The van der Waals surface area contributed by atoms with Crippen molar-refractivity contribution in [1.82, 2.24) is 15.2 Å². The van der Waals surface area contributed by atoms with Crippen molar-refractivity contribution in [2.24, 2.45) is 0 Å². The maximum absolute atomic E-state index is 12.1. The Morgan fingerprint density at radius 1 is 1.19 bits per heavy atom. The molecule has 32 heavy (non-hydrogen) atoms. The van der Waals surface area contributed by atoms with Crippen molar-refractivity contribution in [2.75, 3.05) is 37.7 Å². The van der Waals surface area contributed by atoms with E-state index in [0.29, 0.717) is 38.2 Å². The molecular formula is C25H29N5O2. The van der Waals surface area contributed by atoms with Gasteiger partial charge in [0.1, 0.15) is 5.84 Å². The molecule has 5 rings (SSSR count). The molecule has 0 aliphatic carbocycles. The fraction of sp³-hybridized carbons (Fsp3) is 0.400. The van der Waals surface area contributed by atoms with Gasteiger partial charge in [-0.3, -0.25) is 15.2 Å². The van der Waals surface area contributed by atoms with Crippen LogP contribution in [-0.4, -0.2) is 60.5 Å². The van der Waals surface area contributed by atoms with Gasteiger partial charge in [0.25, 0.3) is 0 Å². The number of aromatic nitrogens is 1. The molecule has 0 bridgehead atoms. The lowest BCUT2D eigenvalue weighted by atomic mass is 9.95. The summed E-state index contributed by atoms with van der Waals surface area (Å²) in [5.41, 5.74) is 6.60. The van der Waals surface area contributed by atoms with Gasteiger partial charge in [-0.05, 0) is 47.7 Å². The van der Waals surface area contributed by atoms with Crippen LogP contribution in [0.25, 0.3) is 11.1 Å². The normalized spacial score (nSPS) is 18.8. The number of pyridine rings is 1. The third-order valence-corrected chi connectivity index (χ3v) is 6.56. The van der Waals surface area contributed by atoms with E-state index in [1.54, 1.807) is 13.1 Å². The lowest BCUT2D eigenvalue weighted by molar-refractivity contribution is -0.128. The largest absolute Gasteiger partial charge is 0.381 e. The van der Waals surface area contributed by atoms with E-state index in [1.807, 2.05) is 17.2 Å². The second-order valence-electron chi connectivity index (χ2n) is 8.72. The number of amidine groups is 1. The molecule has 1 aromatic carbocycles. The Labute approximate surface area is 188 Å². The third-order valence-electron chi connectivity index (χ3n) is 6.56. The molecule has 7 nitrogen and oxygen atoms in total. The molecule has 0 spiro atoms. The number of carbonyl (C=O) groups is 1. The van der Waals surface area contributed by atoms with Crippen molar-refractivity contribution < 1.29 is 9.53 Å². The summed E-state index contributed by atoms with van der Waals surface area (Å²) >= 11 is 0. The van der Waals surface area contributed by atoms with Crippen LogP contribution >= 0.6 is 0 Å². The Hall–Kier alpha value is -3.19. The molecule has 0 saturated carbocycles. The zero-order valence-electron chi connectivity index (χ0n) is 18.4. The van der Waals surface area contributed by atoms with E-state index >= 15 is 0 Å². The van der Waals surface area contributed by atoms with Gasteiger partial charge in [-0.15, -0.1) is 0 Å². The molecule has 2 aromatic rings. The summed E-state index contributed by atoms with van der Waals surface area (Å²) in [4.78, 5) is 20.3. The molecule has 1 amide bonds. The summed E-state index contributed by atoms with van der Waals surface area (Å²) in [6, 6.07) is 10.8. The van der Waals surface area contributed by atoms with Gasteiger partial charge in [0, 0.05) is 55.8 Å². The van der Waals surface area contributed by atoms with Crippen LogP contribution in [0.2, 0.25) is 0 Å². The van der Waals surface area contributed by atoms with E-state index in [0.717, 1.165) is 53.9 Å². The fourth-order valence-corrected chi connectivity index (χ4v) is 4.68. The van der Waals surface area contributed by atoms with Crippen LogP contribution in [0.15, 0.2) is 54.0 Å². The van der Waals surface area contributed by atoms with Crippen LogP contribution in [0.3, 0.4) is 0 Å². The molecule has 3 aliphatic heterocycles. The Bertz CT molecular complexity index is 1060. The minimum absolute atomic E-state index is 0.0569. The molecule has 4 heterocycles. The van der Waals surface area contributed by atoms with Crippen molar-refractivity contribution in [2.45, 2.75) is 32.2 Å². The monoisotopic (exact) mass is 431 g/mol. The van der Waals surface area contributed by atoms with Crippen LogP contribution in [0.4, 0.5) is 5.69 Å². The van der Waals surface area contributed by atoms with Crippen molar-refractivity contribution in [3.05, 3.63) is 59.6 Å². The Kier molecular flexibility index (Phi) is 5.66. The molecule has 0 atom stereocenters. The van der Waals surface area contributed by atoms with Crippen LogP contribution in [0.5, 0.6) is 0 Å². The number of rotatable bonds is 4. The number of ether oxygens (including phenoxy) is 1. The smallest absolute Gasteiger partial charge is 0.219 e. The average Bonchev–Trinajstić information content (AvgIpc) is 2.80. The van der Waals surface area contributed by atoms with Gasteiger partial charge in [-0.1, -0.05) is 12.1 Å². The molecule has 0 unspecified atom stereocenters. The van der Waals surface area contributed by atoms with E-state index in [-0.39, 0.29) is 5.91 Å². The number of aryl methyl sites for hydroxylation is 1. The standard InChI is InChI=1S/C25H29N5O2/c1-17(31)29-11-8-23(28-21-15-32-16-21)22(14-29)25(26)30-10-3-5-19-12-18(6-7-24(19)30)20-4-2-9-27-13-20/h2,4,6-7,9,12-13,21,26,28H,3,5,8,10-11,14-16H2,1H3. The first-order valence-electron chi connectivity index (χ1n) is 11.3. The summed E-state index contributed by atoms with van der Waals surface area (Å²) in [5, 5.41) is 12.7. The number of fused-ring (bicyclic) bond motifs is 1. The van der Waals surface area contributed by atoms with Gasteiger partial charge in [0.2, 0.25) is 5.91 Å². The molecule has 3 aliphatic rings. The highest BCUT2D eigenvalue weighted by atomic mass is 16.5. The zero-order chi connectivity index (χ0) is 22.1. The van der Waals surface area contributed by atoms with Crippen LogP contribution < -0.4 is 10.2 Å². The van der Waals surface area contributed by atoms with Crippen LogP contribution in [-0.2, 0) is 16.0 Å². The van der Waals surface area contributed by atoms with Gasteiger partial charge in [0.05, 0.1) is 25.8 Å². The van der Waals surface area contributed by atoms with E-state index in [4.69, 9.17) is 10.1 Å². The maximum atomic E-state index is 12.1. The highest BCUT2D eigenvalue weighted by molar-refractivity contribution is 6.09. The summed E-state index contributed by atoms with van der Waals surface area (Å²) in [6.07, 6.45) is 6.41. The molecular weight excluding hydrogens is 402 g/mol. The number of hydrogen-bond donors (Lipinski definition) is 2. The minimum Gasteiger partial charge on any atom is -0.381 e. The highest BCUT2D eigenvalue weighted by Gasteiger charge is 2.30. The lowest BCUT2D eigenvalue weighted by Gasteiger charge is -2.38. The van der Waals surface area contributed by atoms with Crippen molar-refractivity contribution in [1.29, 1.82) is 5.41 Å². The molecule has 2 N–H and O–H groups in total. The number of nitrogens with zero attached hydrogens (tertiary/aromatic N) is 3. The maximum Gasteiger partial charge on any atom is 0.219 e. The van der Waals surface area contributed by atoms with E-state index in [2.05, 4.69) is 39.5 Å². The van der Waals surface area contributed by atoms with E-state index in [1.165, 1.54) is 5.56 Å². The van der Waals surface area contributed by atoms with Crippen LogP contribution in [0.1, 0.15) is 25.3 Å². The van der Waals surface area contributed by atoms with E-state index in [9.17, 15) is 4.79 Å². The minimum atomic E-state index is 0.0569. The molecule has 1 saturated heterocycles. The molecule has 1 fully saturated rings.